The van der Waals surface area contributed by atoms with E-state index >= 15 is 0 Å². The molecule has 3 rings (SSSR count). The largest absolute Gasteiger partial charge is 0.421 e. The Kier molecular flexibility index (Phi) is 4.26. The van der Waals surface area contributed by atoms with E-state index in [0.29, 0.717) is 16.2 Å². The Morgan fingerprint density at radius 3 is 2.60 bits per heavy atom. The standard InChI is InChI=1S/C17H12F3N3O2/c18-17(19,20)12-5-3-9-23(16(12)25)10-15(24)22-14-8-7-11-4-1-2-6-13(11)21-14/h1-9H,10H2,(H,21,22,24). The molecule has 0 aliphatic rings. The summed E-state index contributed by atoms with van der Waals surface area (Å²) >= 11 is 0. The summed E-state index contributed by atoms with van der Waals surface area (Å²) in [6, 6.07) is 12.4. The molecule has 1 amide bonds. The minimum Gasteiger partial charge on any atom is -0.309 e. The van der Waals surface area contributed by atoms with Crippen molar-refractivity contribution < 1.29 is 18.0 Å². The van der Waals surface area contributed by atoms with E-state index in [1.54, 1.807) is 24.3 Å². The zero-order chi connectivity index (χ0) is 18.0. The number of carbonyl (C=O) groups excluding carboxylic acids is 1. The smallest absolute Gasteiger partial charge is 0.309 e. The van der Waals surface area contributed by atoms with Crippen LogP contribution in [0.25, 0.3) is 10.9 Å². The van der Waals surface area contributed by atoms with Crippen LogP contribution in [-0.2, 0) is 17.5 Å². The highest BCUT2D eigenvalue weighted by Gasteiger charge is 2.34. The molecular weight excluding hydrogens is 335 g/mol. The number of carbonyl (C=O) groups is 1. The predicted molar refractivity (Wildman–Crippen MR) is 86.1 cm³/mol. The maximum Gasteiger partial charge on any atom is 0.421 e. The van der Waals surface area contributed by atoms with Crippen LogP contribution in [0, 0.1) is 0 Å². The van der Waals surface area contributed by atoms with Crippen molar-refractivity contribution >= 4 is 22.6 Å². The summed E-state index contributed by atoms with van der Waals surface area (Å²) < 4.78 is 38.9. The van der Waals surface area contributed by atoms with Crippen LogP contribution in [0.3, 0.4) is 0 Å². The summed E-state index contributed by atoms with van der Waals surface area (Å²) in [5, 5.41) is 3.36. The van der Waals surface area contributed by atoms with Crippen molar-refractivity contribution in [1.82, 2.24) is 9.55 Å². The monoisotopic (exact) mass is 347 g/mol. The predicted octanol–water partition coefficient (Wildman–Crippen LogP) is 3.05. The zero-order valence-electron chi connectivity index (χ0n) is 12.7. The van der Waals surface area contributed by atoms with Gasteiger partial charge in [0.1, 0.15) is 17.9 Å². The first-order valence-corrected chi connectivity index (χ1v) is 7.27. The fourth-order valence-corrected chi connectivity index (χ4v) is 2.35. The number of rotatable bonds is 3. The minimum absolute atomic E-state index is 0.253. The first-order valence-electron chi connectivity index (χ1n) is 7.27. The maximum atomic E-state index is 12.7. The lowest BCUT2D eigenvalue weighted by atomic mass is 10.2. The number of nitrogens with zero attached hydrogens (tertiary/aromatic N) is 2. The molecule has 5 nitrogen and oxygen atoms in total. The third kappa shape index (κ3) is 3.68. The highest BCUT2D eigenvalue weighted by Crippen LogP contribution is 2.26. The number of para-hydroxylation sites is 1. The van der Waals surface area contributed by atoms with Gasteiger partial charge in [-0.15, -0.1) is 0 Å². The van der Waals surface area contributed by atoms with Crippen molar-refractivity contribution in [1.29, 1.82) is 0 Å². The summed E-state index contributed by atoms with van der Waals surface area (Å²) in [6.45, 7) is -0.544. The Hall–Kier alpha value is -3.16. The van der Waals surface area contributed by atoms with Gasteiger partial charge in [0.05, 0.1) is 5.52 Å². The molecule has 0 spiro atoms. The summed E-state index contributed by atoms with van der Waals surface area (Å²) in [5.41, 5.74) is -1.92. The molecule has 8 heteroatoms. The van der Waals surface area contributed by atoms with Crippen molar-refractivity contribution in [2.45, 2.75) is 12.7 Å². The van der Waals surface area contributed by atoms with Gasteiger partial charge < -0.3 is 9.88 Å². The number of aromatic nitrogens is 2. The first kappa shape index (κ1) is 16.7. The van der Waals surface area contributed by atoms with Crippen LogP contribution >= 0.6 is 0 Å². The highest BCUT2D eigenvalue weighted by atomic mass is 19.4. The molecule has 128 valence electrons. The Labute approximate surface area is 139 Å². The van der Waals surface area contributed by atoms with Crippen molar-refractivity contribution in [2.24, 2.45) is 0 Å². The average molecular weight is 347 g/mol. The number of hydrogen-bond donors (Lipinski definition) is 1. The number of hydrogen-bond acceptors (Lipinski definition) is 3. The summed E-state index contributed by atoms with van der Waals surface area (Å²) in [5.74, 6) is -0.395. The SMILES string of the molecule is O=C(Cn1cccc(C(F)(F)F)c1=O)Nc1ccc2ccccc2n1. The van der Waals surface area contributed by atoms with E-state index in [0.717, 1.165) is 17.6 Å². The van der Waals surface area contributed by atoms with Gasteiger partial charge in [-0.2, -0.15) is 13.2 Å². The molecule has 0 saturated carbocycles. The second kappa shape index (κ2) is 6.39. The number of alkyl halides is 3. The van der Waals surface area contributed by atoms with E-state index in [4.69, 9.17) is 0 Å². The van der Waals surface area contributed by atoms with Gasteiger partial charge in [0.2, 0.25) is 5.91 Å². The molecular formula is C17H12F3N3O2. The summed E-state index contributed by atoms with van der Waals surface area (Å²) in [7, 11) is 0. The van der Waals surface area contributed by atoms with Crippen molar-refractivity contribution in [2.75, 3.05) is 5.32 Å². The molecule has 2 heterocycles. The number of amides is 1. The van der Waals surface area contributed by atoms with Gasteiger partial charge >= 0.3 is 6.18 Å². The molecule has 0 bridgehead atoms. The fraction of sp³-hybridized carbons (Fsp3) is 0.118. The van der Waals surface area contributed by atoms with Crippen LogP contribution in [0.4, 0.5) is 19.0 Å². The zero-order valence-corrected chi connectivity index (χ0v) is 12.7. The number of halogens is 3. The first-order chi connectivity index (χ1) is 11.8. The Morgan fingerprint density at radius 2 is 1.84 bits per heavy atom. The normalized spacial score (nSPS) is 11.5. The molecule has 25 heavy (non-hydrogen) atoms. The average Bonchev–Trinajstić information content (AvgIpc) is 2.55. The molecule has 0 fully saturated rings. The topological polar surface area (TPSA) is 64.0 Å². The van der Waals surface area contributed by atoms with Crippen LogP contribution in [0.1, 0.15) is 5.56 Å². The van der Waals surface area contributed by atoms with E-state index in [2.05, 4.69) is 10.3 Å². The summed E-state index contributed by atoms with van der Waals surface area (Å²) in [4.78, 5) is 28.1. The molecule has 1 aromatic carbocycles. The third-order valence-corrected chi connectivity index (χ3v) is 3.51. The Morgan fingerprint density at radius 1 is 1.08 bits per heavy atom. The van der Waals surface area contributed by atoms with E-state index < -0.39 is 29.8 Å². The number of pyridine rings is 2. The molecule has 3 aromatic rings. The fourth-order valence-electron chi connectivity index (χ4n) is 2.35. The molecule has 0 radical (unpaired) electrons. The van der Waals surface area contributed by atoms with E-state index in [1.165, 1.54) is 0 Å². The Bertz CT molecular complexity index is 996. The third-order valence-electron chi connectivity index (χ3n) is 3.51. The molecule has 0 aliphatic carbocycles. The number of fused-ring (bicyclic) bond motifs is 1. The van der Waals surface area contributed by atoms with Gasteiger partial charge in [-0.05, 0) is 30.3 Å². The van der Waals surface area contributed by atoms with E-state index in [-0.39, 0.29) is 5.82 Å². The van der Waals surface area contributed by atoms with Gasteiger partial charge in [0.15, 0.2) is 0 Å². The molecule has 0 aliphatic heterocycles. The van der Waals surface area contributed by atoms with Crippen molar-refractivity contribution in [3.05, 3.63) is 70.6 Å². The molecule has 2 aromatic heterocycles. The second-order valence-electron chi connectivity index (χ2n) is 5.29. The van der Waals surface area contributed by atoms with Gasteiger partial charge in [-0.3, -0.25) is 9.59 Å². The molecule has 0 unspecified atom stereocenters. The molecule has 0 atom stereocenters. The molecule has 0 saturated heterocycles. The highest BCUT2D eigenvalue weighted by molar-refractivity contribution is 5.91. The van der Waals surface area contributed by atoms with Crippen LogP contribution in [0.5, 0.6) is 0 Å². The number of benzene rings is 1. The van der Waals surface area contributed by atoms with Crippen molar-refractivity contribution in [3.8, 4) is 0 Å². The lowest BCUT2D eigenvalue weighted by Gasteiger charge is -2.10. The van der Waals surface area contributed by atoms with Gasteiger partial charge in [-0.25, -0.2) is 4.98 Å². The van der Waals surface area contributed by atoms with Gasteiger partial charge in [-0.1, -0.05) is 18.2 Å². The van der Waals surface area contributed by atoms with Crippen LogP contribution in [0.2, 0.25) is 0 Å². The van der Waals surface area contributed by atoms with Crippen LogP contribution < -0.4 is 10.9 Å². The van der Waals surface area contributed by atoms with Crippen LogP contribution in [-0.4, -0.2) is 15.5 Å². The second-order valence-corrected chi connectivity index (χ2v) is 5.29. The number of nitrogens with one attached hydrogen (secondary N) is 1. The van der Waals surface area contributed by atoms with Gasteiger partial charge in [0, 0.05) is 11.6 Å². The van der Waals surface area contributed by atoms with E-state index in [1.807, 2.05) is 12.1 Å². The Balaban J connectivity index is 1.79. The lowest BCUT2D eigenvalue weighted by molar-refractivity contribution is -0.139. The number of anilines is 1. The maximum absolute atomic E-state index is 12.7. The quantitative estimate of drug-likeness (QED) is 0.792. The lowest BCUT2D eigenvalue weighted by Crippen LogP contribution is -2.32. The minimum atomic E-state index is -4.77. The molecule has 1 N–H and O–H groups in total. The summed E-state index contributed by atoms with van der Waals surface area (Å²) in [6.07, 6.45) is -3.64. The van der Waals surface area contributed by atoms with Gasteiger partial charge in [0.25, 0.3) is 5.56 Å². The van der Waals surface area contributed by atoms with Crippen molar-refractivity contribution in [3.63, 3.8) is 0 Å². The van der Waals surface area contributed by atoms with E-state index in [9.17, 15) is 22.8 Å². The van der Waals surface area contributed by atoms with Crippen LogP contribution in [0.15, 0.2) is 59.5 Å².